The molecule has 1 saturated heterocycles. The van der Waals surface area contributed by atoms with E-state index in [2.05, 4.69) is 44.6 Å². The first-order valence-electron chi connectivity index (χ1n) is 14.4. The van der Waals surface area contributed by atoms with Crippen molar-refractivity contribution < 1.29 is 32.2 Å². The number of methoxy groups -OCH3 is 2. The number of amides is 2. The SMILES string of the molecule is COCCN1CC[C@H](NC(=O)c2cc(C#CCNc3cc4c(cc3OC)C(=O)NC4)cc3c2ncn3CC(F)(F)F)[C@@H](C)C1. The van der Waals surface area contributed by atoms with Crippen LogP contribution in [-0.2, 0) is 17.8 Å². The van der Waals surface area contributed by atoms with Crippen LogP contribution in [0.3, 0.4) is 0 Å². The summed E-state index contributed by atoms with van der Waals surface area (Å²) in [5, 5.41) is 9.03. The average Bonchev–Trinajstić information content (AvgIpc) is 3.55. The van der Waals surface area contributed by atoms with E-state index in [1.807, 2.05) is 6.07 Å². The number of carbonyl (C=O) groups excluding carboxylic acids is 2. The number of halogens is 3. The lowest BCUT2D eigenvalue weighted by molar-refractivity contribution is -0.139. The maximum Gasteiger partial charge on any atom is 0.406 e. The molecule has 2 aliphatic rings. The maximum atomic E-state index is 13.6. The summed E-state index contributed by atoms with van der Waals surface area (Å²) in [4.78, 5) is 32.0. The molecule has 1 aromatic heterocycles. The summed E-state index contributed by atoms with van der Waals surface area (Å²) in [5.74, 6) is 6.05. The van der Waals surface area contributed by atoms with Crippen molar-refractivity contribution in [2.24, 2.45) is 5.92 Å². The predicted octanol–water partition coefficient (Wildman–Crippen LogP) is 3.40. The third-order valence-corrected chi connectivity index (χ3v) is 7.95. The van der Waals surface area contributed by atoms with E-state index in [1.54, 1.807) is 19.2 Å². The van der Waals surface area contributed by atoms with Crippen molar-refractivity contribution in [1.29, 1.82) is 0 Å². The van der Waals surface area contributed by atoms with Crippen molar-refractivity contribution in [1.82, 2.24) is 25.1 Å². The van der Waals surface area contributed by atoms with Crippen LogP contribution in [0.1, 0.15) is 45.2 Å². The smallest absolute Gasteiger partial charge is 0.406 e. The second-order valence-electron chi connectivity index (χ2n) is 11.1. The van der Waals surface area contributed by atoms with Gasteiger partial charge in [0, 0.05) is 50.5 Å². The predicted molar refractivity (Wildman–Crippen MR) is 159 cm³/mol. The third kappa shape index (κ3) is 7.09. The van der Waals surface area contributed by atoms with Crippen molar-refractivity contribution >= 4 is 28.5 Å². The molecule has 0 unspecified atom stereocenters. The molecule has 2 amide bonds. The van der Waals surface area contributed by atoms with E-state index >= 15 is 0 Å². The monoisotopic (exact) mass is 612 g/mol. The van der Waals surface area contributed by atoms with Crippen molar-refractivity contribution in [3.05, 3.63) is 52.8 Å². The number of ether oxygens (including phenoxy) is 2. The minimum Gasteiger partial charge on any atom is -0.495 e. The van der Waals surface area contributed by atoms with Gasteiger partial charge in [-0.2, -0.15) is 13.2 Å². The van der Waals surface area contributed by atoms with Crippen LogP contribution in [0.4, 0.5) is 18.9 Å². The second kappa shape index (κ2) is 13.2. The number of imidazole rings is 1. The van der Waals surface area contributed by atoms with E-state index in [9.17, 15) is 22.8 Å². The summed E-state index contributed by atoms with van der Waals surface area (Å²) in [6.07, 6.45) is -2.63. The summed E-state index contributed by atoms with van der Waals surface area (Å²) in [7, 11) is 3.16. The molecular weight excluding hydrogens is 577 g/mol. The van der Waals surface area contributed by atoms with Crippen molar-refractivity contribution in [3.8, 4) is 17.6 Å². The first-order valence-corrected chi connectivity index (χ1v) is 14.4. The number of carbonyl (C=O) groups is 2. The number of hydrogen-bond acceptors (Lipinski definition) is 7. The van der Waals surface area contributed by atoms with Gasteiger partial charge in [-0.25, -0.2) is 4.98 Å². The highest BCUT2D eigenvalue weighted by Crippen LogP contribution is 2.31. The van der Waals surface area contributed by atoms with E-state index in [-0.39, 0.29) is 41.0 Å². The Morgan fingerprint density at radius 3 is 2.77 bits per heavy atom. The Kier molecular flexibility index (Phi) is 9.31. The Labute approximate surface area is 253 Å². The number of piperidine rings is 1. The van der Waals surface area contributed by atoms with Gasteiger partial charge in [0.1, 0.15) is 17.8 Å². The van der Waals surface area contributed by atoms with Gasteiger partial charge in [-0.1, -0.05) is 18.8 Å². The lowest BCUT2D eigenvalue weighted by Crippen LogP contribution is -2.50. The van der Waals surface area contributed by atoms with Gasteiger partial charge in [0.15, 0.2) is 0 Å². The Morgan fingerprint density at radius 2 is 2.05 bits per heavy atom. The van der Waals surface area contributed by atoms with Crippen molar-refractivity contribution in [3.63, 3.8) is 0 Å². The fourth-order valence-electron chi connectivity index (χ4n) is 5.69. The number of nitrogens with one attached hydrogen (secondary N) is 3. The fraction of sp³-hybridized carbons (Fsp3) is 0.452. The quantitative estimate of drug-likeness (QED) is 0.318. The number of fused-ring (bicyclic) bond motifs is 2. The van der Waals surface area contributed by atoms with Crippen LogP contribution in [0.15, 0.2) is 30.6 Å². The Hall–Kier alpha value is -4.28. The molecule has 0 bridgehead atoms. The van der Waals surface area contributed by atoms with Gasteiger partial charge < -0.3 is 34.9 Å². The fourth-order valence-corrected chi connectivity index (χ4v) is 5.69. The molecule has 5 rings (SSSR count). The number of hydrogen-bond donors (Lipinski definition) is 3. The molecule has 2 aliphatic heterocycles. The molecule has 2 atom stereocenters. The largest absolute Gasteiger partial charge is 0.495 e. The summed E-state index contributed by atoms with van der Waals surface area (Å²) >= 11 is 0. The number of nitrogens with zero attached hydrogens (tertiary/aromatic N) is 3. The maximum absolute atomic E-state index is 13.6. The minimum atomic E-state index is -4.47. The zero-order valence-electron chi connectivity index (χ0n) is 24.8. The molecule has 0 spiro atoms. The highest BCUT2D eigenvalue weighted by atomic mass is 19.4. The number of aromatic nitrogens is 2. The van der Waals surface area contributed by atoms with E-state index in [0.717, 1.165) is 42.5 Å². The number of rotatable bonds is 9. The van der Waals surface area contributed by atoms with Crippen LogP contribution >= 0.6 is 0 Å². The number of benzene rings is 2. The summed E-state index contributed by atoms with van der Waals surface area (Å²) in [6, 6.07) is 6.48. The molecule has 3 heterocycles. The topological polar surface area (TPSA) is 110 Å². The number of alkyl halides is 3. The summed E-state index contributed by atoms with van der Waals surface area (Å²) < 4.78 is 51.6. The van der Waals surface area contributed by atoms with Crippen molar-refractivity contribution in [2.45, 2.75) is 38.7 Å². The van der Waals surface area contributed by atoms with Crippen LogP contribution in [0.2, 0.25) is 0 Å². The molecule has 1 fully saturated rings. The van der Waals surface area contributed by atoms with Gasteiger partial charge in [-0.05, 0) is 42.2 Å². The van der Waals surface area contributed by atoms with Gasteiger partial charge in [-0.3, -0.25) is 9.59 Å². The van der Waals surface area contributed by atoms with Crippen LogP contribution in [-0.4, -0.2) is 85.5 Å². The minimum absolute atomic E-state index is 0.0969. The van der Waals surface area contributed by atoms with Gasteiger partial charge in [-0.15, -0.1) is 0 Å². The molecule has 2 aromatic carbocycles. The molecule has 3 N–H and O–H groups in total. The van der Waals surface area contributed by atoms with Crippen LogP contribution in [0, 0.1) is 17.8 Å². The normalized spacial score (nSPS) is 18.4. The Bertz CT molecular complexity index is 1610. The molecular formula is C31H35F3N6O4. The van der Waals surface area contributed by atoms with Gasteiger partial charge >= 0.3 is 6.18 Å². The molecule has 44 heavy (non-hydrogen) atoms. The summed E-state index contributed by atoms with van der Waals surface area (Å²) in [6.45, 7) is 4.46. The number of anilines is 1. The highest BCUT2D eigenvalue weighted by Gasteiger charge is 2.31. The van der Waals surface area contributed by atoms with E-state index < -0.39 is 18.6 Å². The third-order valence-electron chi connectivity index (χ3n) is 7.95. The van der Waals surface area contributed by atoms with Crippen molar-refractivity contribution in [2.75, 3.05) is 52.3 Å². The molecule has 0 aliphatic carbocycles. The molecule has 13 heteroatoms. The lowest BCUT2D eigenvalue weighted by atomic mass is 9.93. The van der Waals surface area contributed by atoms with Gasteiger partial charge in [0.2, 0.25) is 0 Å². The van der Waals surface area contributed by atoms with Gasteiger partial charge in [0.25, 0.3) is 11.8 Å². The molecule has 0 radical (unpaired) electrons. The van der Waals surface area contributed by atoms with Crippen LogP contribution in [0.5, 0.6) is 5.75 Å². The van der Waals surface area contributed by atoms with Crippen LogP contribution in [0.25, 0.3) is 11.0 Å². The first-order chi connectivity index (χ1) is 21.1. The molecule has 10 nitrogen and oxygen atoms in total. The Morgan fingerprint density at radius 1 is 1.23 bits per heavy atom. The standard InChI is InChI=1S/C31H35F3N6O4/c1-19-16-39(9-10-43-2)8-6-24(19)38-30(42)23-11-20(12-26-28(23)37-18-40(26)17-31(32,33)34)5-4-7-35-25-13-21-15-36-29(41)22(21)14-27(25)44-3/h11-14,18-19,24,35H,6-10,15-17H2,1-3H3,(H,36,41)(H,38,42)/t19-,24-/m0/s1. The lowest BCUT2D eigenvalue weighted by Gasteiger charge is -2.37. The Balaban J connectivity index is 1.37. The van der Waals surface area contributed by atoms with E-state index in [0.29, 0.717) is 35.7 Å². The highest BCUT2D eigenvalue weighted by molar-refractivity contribution is 6.05. The van der Waals surface area contributed by atoms with E-state index in [4.69, 9.17) is 9.47 Å². The average molecular weight is 613 g/mol. The van der Waals surface area contributed by atoms with Gasteiger partial charge in [0.05, 0.1) is 43.4 Å². The zero-order chi connectivity index (χ0) is 31.4. The van der Waals surface area contributed by atoms with E-state index in [1.165, 1.54) is 13.2 Å². The molecule has 3 aromatic rings. The first kappa shape index (κ1) is 31.2. The molecule has 234 valence electrons. The molecule has 0 saturated carbocycles. The van der Waals surface area contributed by atoms with Crippen LogP contribution < -0.4 is 20.7 Å². The zero-order valence-corrected chi connectivity index (χ0v) is 24.8. The number of likely N-dealkylation sites (tertiary alicyclic amines) is 1. The second-order valence-corrected chi connectivity index (χ2v) is 11.1. The summed E-state index contributed by atoms with van der Waals surface area (Å²) in [5.41, 5.74) is 2.95.